The van der Waals surface area contributed by atoms with Crippen molar-refractivity contribution < 1.29 is 9.90 Å². The van der Waals surface area contributed by atoms with Gasteiger partial charge in [0.1, 0.15) is 0 Å². The highest BCUT2D eigenvalue weighted by atomic mass is 16.2. The maximum absolute atomic E-state index is 12.0. The molecular formula is C16H22N2O2. The fourth-order valence-electron chi connectivity index (χ4n) is 1.74. The lowest BCUT2D eigenvalue weighted by Gasteiger charge is -2.23. The zero-order valence-electron chi connectivity index (χ0n) is 12.4. The molecule has 108 valence electrons. The van der Waals surface area contributed by atoms with Crippen molar-refractivity contribution in [3.63, 3.8) is 0 Å². The van der Waals surface area contributed by atoms with Gasteiger partial charge in [0, 0.05) is 39.2 Å². The van der Waals surface area contributed by atoms with E-state index in [1.54, 1.807) is 23.9 Å². The van der Waals surface area contributed by atoms with Crippen molar-refractivity contribution in [3.05, 3.63) is 35.4 Å². The van der Waals surface area contributed by atoms with Crippen LogP contribution in [0.5, 0.6) is 0 Å². The van der Waals surface area contributed by atoms with E-state index in [9.17, 15) is 4.79 Å². The van der Waals surface area contributed by atoms with Gasteiger partial charge < -0.3 is 14.9 Å². The summed E-state index contributed by atoms with van der Waals surface area (Å²) in [6.07, 6.45) is 0.476. The van der Waals surface area contributed by atoms with Crippen molar-refractivity contribution in [1.82, 2.24) is 9.80 Å². The monoisotopic (exact) mass is 274 g/mol. The Balaban J connectivity index is 2.71. The van der Waals surface area contributed by atoms with Gasteiger partial charge in [0.2, 0.25) is 0 Å². The normalized spacial score (nSPS) is 9.60. The Bertz CT molecular complexity index is 503. The van der Waals surface area contributed by atoms with E-state index in [1.165, 1.54) is 0 Å². The number of rotatable bonds is 4. The van der Waals surface area contributed by atoms with E-state index in [2.05, 4.69) is 11.8 Å². The second kappa shape index (κ2) is 8.23. The molecule has 0 aliphatic rings. The number of carbonyl (C=O) groups is 1. The molecule has 0 aromatic heterocycles. The van der Waals surface area contributed by atoms with Crippen molar-refractivity contribution in [1.29, 1.82) is 0 Å². The van der Waals surface area contributed by atoms with Crippen molar-refractivity contribution in [2.75, 3.05) is 27.2 Å². The lowest BCUT2D eigenvalue weighted by atomic mass is 10.1. The topological polar surface area (TPSA) is 43.8 Å². The van der Waals surface area contributed by atoms with E-state index in [4.69, 9.17) is 5.11 Å². The zero-order chi connectivity index (χ0) is 15.0. The van der Waals surface area contributed by atoms with Crippen LogP contribution in [-0.4, -0.2) is 48.2 Å². The van der Waals surface area contributed by atoms with Crippen LogP contribution in [0.25, 0.3) is 0 Å². The SMILES string of the molecule is CCN(C)C(=O)N(C)Cc1cccc(C#CCCO)c1. The molecule has 1 rings (SSSR count). The molecule has 0 atom stereocenters. The molecule has 1 aromatic carbocycles. The Morgan fingerprint density at radius 1 is 1.30 bits per heavy atom. The molecule has 1 aromatic rings. The molecule has 0 fully saturated rings. The maximum atomic E-state index is 12.0. The molecule has 4 nitrogen and oxygen atoms in total. The van der Waals surface area contributed by atoms with Crippen LogP contribution in [0.15, 0.2) is 24.3 Å². The number of hydrogen-bond acceptors (Lipinski definition) is 2. The first-order valence-electron chi connectivity index (χ1n) is 6.73. The zero-order valence-corrected chi connectivity index (χ0v) is 12.4. The summed E-state index contributed by atoms with van der Waals surface area (Å²) >= 11 is 0. The van der Waals surface area contributed by atoms with Gasteiger partial charge in [-0.3, -0.25) is 0 Å². The van der Waals surface area contributed by atoms with Gasteiger partial charge in [-0.15, -0.1) is 0 Å². The predicted molar refractivity (Wildman–Crippen MR) is 80.2 cm³/mol. The third-order valence-electron chi connectivity index (χ3n) is 2.94. The van der Waals surface area contributed by atoms with Gasteiger partial charge in [0.15, 0.2) is 0 Å². The summed E-state index contributed by atoms with van der Waals surface area (Å²) < 4.78 is 0. The molecule has 4 heteroatoms. The van der Waals surface area contributed by atoms with E-state index in [-0.39, 0.29) is 12.6 Å². The lowest BCUT2D eigenvalue weighted by Crippen LogP contribution is -2.38. The van der Waals surface area contributed by atoms with E-state index in [0.29, 0.717) is 19.5 Å². The molecule has 2 amide bonds. The molecule has 0 bridgehead atoms. The highest BCUT2D eigenvalue weighted by molar-refractivity contribution is 5.73. The van der Waals surface area contributed by atoms with Crippen LogP contribution < -0.4 is 0 Å². The quantitative estimate of drug-likeness (QED) is 0.853. The molecule has 0 unspecified atom stereocenters. The number of aliphatic hydroxyl groups is 1. The van der Waals surface area contributed by atoms with E-state index in [0.717, 1.165) is 11.1 Å². The molecule has 0 heterocycles. The van der Waals surface area contributed by atoms with Gasteiger partial charge in [-0.2, -0.15) is 0 Å². The summed E-state index contributed by atoms with van der Waals surface area (Å²) in [5.74, 6) is 5.89. The van der Waals surface area contributed by atoms with Crippen molar-refractivity contribution in [2.24, 2.45) is 0 Å². The van der Waals surface area contributed by atoms with Crippen LogP contribution in [0.3, 0.4) is 0 Å². The average Bonchev–Trinajstić information content (AvgIpc) is 2.46. The lowest BCUT2D eigenvalue weighted by molar-refractivity contribution is 0.173. The smallest absolute Gasteiger partial charge is 0.319 e. The van der Waals surface area contributed by atoms with Crippen molar-refractivity contribution in [2.45, 2.75) is 19.9 Å². The average molecular weight is 274 g/mol. The Kier molecular flexibility index (Phi) is 6.61. The molecule has 0 saturated heterocycles. The highest BCUT2D eigenvalue weighted by Crippen LogP contribution is 2.08. The molecule has 1 N–H and O–H groups in total. The molecule has 0 aliphatic heterocycles. The Hall–Kier alpha value is -1.99. The largest absolute Gasteiger partial charge is 0.395 e. The van der Waals surface area contributed by atoms with Gasteiger partial charge in [-0.25, -0.2) is 4.79 Å². The van der Waals surface area contributed by atoms with Crippen LogP contribution in [-0.2, 0) is 6.54 Å². The summed E-state index contributed by atoms with van der Waals surface area (Å²) in [7, 11) is 3.58. The molecule has 0 aliphatic carbocycles. The fraction of sp³-hybridized carbons (Fsp3) is 0.438. The van der Waals surface area contributed by atoms with Crippen LogP contribution in [0.1, 0.15) is 24.5 Å². The third-order valence-corrected chi connectivity index (χ3v) is 2.94. The molecule has 0 radical (unpaired) electrons. The first-order valence-corrected chi connectivity index (χ1v) is 6.73. The first kappa shape index (κ1) is 16.1. The Morgan fingerprint density at radius 3 is 2.70 bits per heavy atom. The van der Waals surface area contributed by atoms with E-state index < -0.39 is 0 Å². The minimum Gasteiger partial charge on any atom is -0.395 e. The molecular weight excluding hydrogens is 252 g/mol. The second-order valence-electron chi connectivity index (χ2n) is 4.63. The molecule has 0 saturated carbocycles. The summed E-state index contributed by atoms with van der Waals surface area (Å²) in [6.45, 7) is 3.27. The van der Waals surface area contributed by atoms with E-state index >= 15 is 0 Å². The van der Waals surface area contributed by atoms with Crippen LogP contribution in [0.4, 0.5) is 4.79 Å². The van der Waals surface area contributed by atoms with Gasteiger partial charge in [-0.1, -0.05) is 24.0 Å². The number of carbonyl (C=O) groups excluding carboxylic acids is 1. The summed E-state index contributed by atoms with van der Waals surface area (Å²) in [4.78, 5) is 15.3. The standard InChI is InChI=1S/C16H22N2O2/c1-4-17(2)16(20)18(3)13-15-10-7-9-14(12-15)8-5-6-11-19/h7,9-10,12,19H,4,6,11,13H2,1-3H3. The number of nitrogens with zero attached hydrogens (tertiary/aromatic N) is 2. The van der Waals surface area contributed by atoms with Crippen LogP contribution in [0.2, 0.25) is 0 Å². The number of aliphatic hydroxyl groups excluding tert-OH is 1. The number of amides is 2. The van der Waals surface area contributed by atoms with E-state index in [1.807, 2.05) is 31.2 Å². The Labute approximate surface area is 121 Å². The van der Waals surface area contributed by atoms with Gasteiger partial charge >= 0.3 is 6.03 Å². The number of hydrogen-bond donors (Lipinski definition) is 1. The van der Waals surface area contributed by atoms with Crippen molar-refractivity contribution >= 4 is 6.03 Å². The van der Waals surface area contributed by atoms with Crippen LogP contribution >= 0.6 is 0 Å². The third kappa shape index (κ3) is 4.94. The summed E-state index contributed by atoms with van der Waals surface area (Å²) in [5.41, 5.74) is 1.95. The number of urea groups is 1. The second-order valence-corrected chi connectivity index (χ2v) is 4.63. The van der Waals surface area contributed by atoms with Crippen molar-refractivity contribution in [3.8, 4) is 11.8 Å². The minimum absolute atomic E-state index is 0.00395. The molecule has 0 spiro atoms. The molecule has 20 heavy (non-hydrogen) atoms. The highest BCUT2D eigenvalue weighted by Gasteiger charge is 2.12. The van der Waals surface area contributed by atoms with Gasteiger partial charge in [0.25, 0.3) is 0 Å². The first-order chi connectivity index (χ1) is 9.58. The minimum atomic E-state index is 0.00395. The van der Waals surface area contributed by atoms with Crippen LogP contribution in [0, 0.1) is 11.8 Å². The van der Waals surface area contributed by atoms with Gasteiger partial charge in [0.05, 0.1) is 6.61 Å². The summed E-state index contributed by atoms with van der Waals surface area (Å²) in [5, 5.41) is 8.70. The Morgan fingerprint density at radius 2 is 2.05 bits per heavy atom. The summed E-state index contributed by atoms with van der Waals surface area (Å²) in [6, 6.07) is 7.81. The maximum Gasteiger partial charge on any atom is 0.319 e. The predicted octanol–water partition coefficient (Wildman–Crippen LogP) is 1.92. The fourth-order valence-corrected chi connectivity index (χ4v) is 1.74. The van der Waals surface area contributed by atoms with Gasteiger partial charge in [-0.05, 0) is 24.6 Å². The number of benzene rings is 1.